The molecule has 208 valence electrons. The van der Waals surface area contributed by atoms with Gasteiger partial charge >= 0.3 is 0 Å². The van der Waals surface area contributed by atoms with Crippen LogP contribution in [0, 0.1) is 6.92 Å². The molecule has 2 amide bonds. The number of hydrogen-bond donors (Lipinski definition) is 1. The van der Waals surface area contributed by atoms with Crippen molar-refractivity contribution in [3.05, 3.63) is 93.4 Å². The fraction of sp³-hybridized carbons (Fsp3) is 0.310. The highest BCUT2D eigenvalue weighted by Gasteiger charge is 2.32. The first-order valence-corrected chi connectivity index (χ1v) is 15.2. The zero-order chi connectivity index (χ0) is 28.7. The van der Waals surface area contributed by atoms with E-state index in [1.165, 1.54) is 29.2 Å². The average molecular weight is 635 g/mol. The standard InChI is InChI=1S/C29H33BrClN3O4S/c1-5-21(3)32-29(36)22(4)33(18-23-9-7-10-24(30)17-23)28(35)19-34(26-11-6-8-20(2)16-26)39(37,38)27-14-12-25(31)13-15-27/h6-17,21-22H,5,18-19H2,1-4H3,(H,32,36)/t21-,22-/m0/s1. The molecule has 3 aromatic carbocycles. The lowest BCUT2D eigenvalue weighted by molar-refractivity contribution is -0.139. The number of benzene rings is 3. The van der Waals surface area contributed by atoms with Crippen molar-refractivity contribution in [3.8, 4) is 0 Å². The molecule has 0 spiro atoms. The van der Waals surface area contributed by atoms with Crippen LogP contribution < -0.4 is 9.62 Å². The molecule has 0 aliphatic rings. The van der Waals surface area contributed by atoms with E-state index in [4.69, 9.17) is 11.6 Å². The van der Waals surface area contributed by atoms with Gasteiger partial charge in [-0.15, -0.1) is 0 Å². The summed E-state index contributed by atoms with van der Waals surface area (Å²) in [7, 11) is -4.15. The number of aryl methyl sites for hydroxylation is 1. The number of halogens is 2. The van der Waals surface area contributed by atoms with Crippen LogP contribution in [-0.2, 0) is 26.2 Å². The van der Waals surface area contributed by atoms with Gasteiger partial charge in [0, 0.05) is 22.1 Å². The lowest BCUT2D eigenvalue weighted by Crippen LogP contribution is -2.52. The number of anilines is 1. The van der Waals surface area contributed by atoms with E-state index in [1.54, 1.807) is 25.1 Å². The summed E-state index contributed by atoms with van der Waals surface area (Å²) >= 11 is 9.45. The van der Waals surface area contributed by atoms with Gasteiger partial charge < -0.3 is 10.2 Å². The van der Waals surface area contributed by atoms with Crippen molar-refractivity contribution in [2.75, 3.05) is 10.8 Å². The fourth-order valence-corrected chi connectivity index (χ4v) is 5.90. The quantitative estimate of drug-likeness (QED) is 0.283. The summed E-state index contributed by atoms with van der Waals surface area (Å²) in [6.45, 7) is 6.97. The molecule has 10 heteroatoms. The highest BCUT2D eigenvalue weighted by Crippen LogP contribution is 2.26. The smallest absolute Gasteiger partial charge is 0.264 e. The molecule has 0 aliphatic carbocycles. The fourth-order valence-electron chi connectivity index (χ4n) is 3.93. The number of rotatable bonds is 11. The van der Waals surface area contributed by atoms with Crippen LogP contribution in [0.25, 0.3) is 0 Å². The molecule has 2 atom stereocenters. The van der Waals surface area contributed by atoms with Gasteiger partial charge in [0.1, 0.15) is 12.6 Å². The Kier molecular flexibility index (Phi) is 10.6. The van der Waals surface area contributed by atoms with E-state index in [-0.39, 0.29) is 23.4 Å². The van der Waals surface area contributed by atoms with Crippen molar-refractivity contribution < 1.29 is 18.0 Å². The molecule has 0 saturated carbocycles. The number of amides is 2. The number of carbonyl (C=O) groups excluding carboxylic acids is 2. The molecule has 0 unspecified atom stereocenters. The van der Waals surface area contributed by atoms with E-state index in [0.717, 1.165) is 26.3 Å². The SMILES string of the molecule is CC[C@H](C)NC(=O)[C@H](C)N(Cc1cccc(Br)c1)C(=O)CN(c1cccc(C)c1)S(=O)(=O)c1ccc(Cl)cc1. The molecule has 1 N–H and O–H groups in total. The topological polar surface area (TPSA) is 86.8 Å². The molecule has 7 nitrogen and oxygen atoms in total. The summed E-state index contributed by atoms with van der Waals surface area (Å²) in [5, 5.41) is 3.33. The molecule has 0 fully saturated rings. The molecule has 0 aromatic heterocycles. The van der Waals surface area contributed by atoms with Gasteiger partial charge in [-0.05, 0) is 86.8 Å². The number of nitrogens with zero attached hydrogens (tertiary/aromatic N) is 2. The minimum atomic E-state index is -4.15. The second-order valence-electron chi connectivity index (χ2n) is 9.45. The first-order valence-electron chi connectivity index (χ1n) is 12.6. The average Bonchev–Trinajstić information content (AvgIpc) is 2.89. The molecule has 0 saturated heterocycles. The van der Waals surface area contributed by atoms with Gasteiger partial charge in [0.2, 0.25) is 11.8 Å². The monoisotopic (exact) mass is 633 g/mol. The second kappa shape index (κ2) is 13.5. The van der Waals surface area contributed by atoms with E-state index in [9.17, 15) is 18.0 Å². The van der Waals surface area contributed by atoms with Gasteiger partial charge in [-0.3, -0.25) is 13.9 Å². The van der Waals surface area contributed by atoms with Crippen LogP contribution in [0.2, 0.25) is 5.02 Å². The first-order chi connectivity index (χ1) is 18.4. The van der Waals surface area contributed by atoms with E-state index >= 15 is 0 Å². The molecular formula is C29H33BrClN3O4S. The lowest BCUT2D eigenvalue weighted by Gasteiger charge is -2.32. The van der Waals surface area contributed by atoms with Crippen molar-refractivity contribution in [2.45, 2.75) is 57.6 Å². The Labute approximate surface area is 244 Å². The van der Waals surface area contributed by atoms with Crippen LogP contribution in [0.1, 0.15) is 38.3 Å². The summed E-state index contributed by atoms with van der Waals surface area (Å²) in [4.78, 5) is 28.5. The minimum absolute atomic E-state index is 0.00214. The molecule has 0 aliphatic heterocycles. The van der Waals surface area contributed by atoms with Crippen molar-refractivity contribution in [2.24, 2.45) is 0 Å². The molecule has 3 aromatic rings. The Morgan fingerprint density at radius 3 is 2.28 bits per heavy atom. The van der Waals surface area contributed by atoms with Gasteiger partial charge in [-0.25, -0.2) is 8.42 Å². The maximum atomic E-state index is 13.9. The van der Waals surface area contributed by atoms with Crippen LogP contribution in [0.3, 0.4) is 0 Å². The second-order valence-corrected chi connectivity index (χ2v) is 12.7. The van der Waals surface area contributed by atoms with Crippen molar-refractivity contribution in [3.63, 3.8) is 0 Å². The van der Waals surface area contributed by atoms with E-state index in [1.807, 2.05) is 51.1 Å². The van der Waals surface area contributed by atoms with E-state index < -0.39 is 28.5 Å². The number of hydrogen-bond acceptors (Lipinski definition) is 4. The largest absolute Gasteiger partial charge is 0.352 e. The highest BCUT2D eigenvalue weighted by molar-refractivity contribution is 9.10. The van der Waals surface area contributed by atoms with Crippen LogP contribution in [0.4, 0.5) is 5.69 Å². The molecular weight excluding hydrogens is 602 g/mol. The lowest BCUT2D eigenvalue weighted by atomic mass is 10.1. The predicted octanol–water partition coefficient (Wildman–Crippen LogP) is 5.94. The summed E-state index contributed by atoms with van der Waals surface area (Å²) in [6.07, 6.45) is 0.735. The van der Waals surface area contributed by atoms with Gasteiger partial charge in [0.05, 0.1) is 10.6 Å². The summed E-state index contributed by atoms with van der Waals surface area (Å²) < 4.78 is 29.6. The summed E-state index contributed by atoms with van der Waals surface area (Å²) in [5.41, 5.74) is 1.98. The van der Waals surface area contributed by atoms with Crippen LogP contribution in [0.15, 0.2) is 82.2 Å². The third-order valence-electron chi connectivity index (χ3n) is 6.38. The van der Waals surface area contributed by atoms with Crippen LogP contribution in [-0.4, -0.2) is 43.8 Å². The van der Waals surface area contributed by atoms with Gasteiger partial charge in [0.15, 0.2) is 0 Å². The van der Waals surface area contributed by atoms with Gasteiger partial charge in [0.25, 0.3) is 10.0 Å². The molecule has 0 heterocycles. The molecule has 0 bridgehead atoms. The third kappa shape index (κ3) is 8.06. The van der Waals surface area contributed by atoms with E-state index in [2.05, 4.69) is 21.2 Å². The highest BCUT2D eigenvalue weighted by atomic mass is 79.9. The maximum Gasteiger partial charge on any atom is 0.264 e. The summed E-state index contributed by atoms with van der Waals surface area (Å²) in [6, 6.07) is 19.2. The van der Waals surface area contributed by atoms with Crippen LogP contribution >= 0.6 is 27.5 Å². The Hall–Kier alpha value is -2.88. The number of carbonyl (C=O) groups is 2. The number of nitrogens with one attached hydrogen (secondary N) is 1. The number of sulfonamides is 1. The van der Waals surface area contributed by atoms with Crippen LogP contribution in [0.5, 0.6) is 0 Å². The van der Waals surface area contributed by atoms with Crippen molar-refractivity contribution in [1.82, 2.24) is 10.2 Å². The minimum Gasteiger partial charge on any atom is -0.352 e. The Balaban J connectivity index is 2.03. The Morgan fingerprint density at radius 1 is 1.00 bits per heavy atom. The zero-order valence-electron chi connectivity index (χ0n) is 22.4. The van der Waals surface area contributed by atoms with Crippen molar-refractivity contribution in [1.29, 1.82) is 0 Å². The molecule has 39 heavy (non-hydrogen) atoms. The predicted molar refractivity (Wildman–Crippen MR) is 159 cm³/mol. The normalized spacial score (nSPS) is 12.9. The van der Waals surface area contributed by atoms with Gasteiger partial charge in [-0.2, -0.15) is 0 Å². The first kappa shape index (κ1) is 30.7. The van der Waals surface area contributed by atoms with E-state index in [0.29, 0.717) is 10.7 Å². The summed E-state index contributed by atoms with van der Waals surface area (Å²) in [5.74, 6) is -0.823. The Bertz CT molecular complexity index is 1420. The Morgan fingerprint density at radius 2 is 1.67 bits per heavy atom. The molecule has 3 rings (SSSR count). The zero-order valence-corrected chi connectivity index (χ0v) is 25.6. The third-order valence-corrected chi connectivity index (χ3v) is 8.91. The molecule has 0 radical (unpaired) electrons. The maximum absolute atomic E-state index is 13.9. The van der Waals surface area contributed by atoms with Crippen molar-refractivity contribution >= 4 is 55.1 Å². The van der Waals surface area contributed by atoms with Gasteiger partial charge in [-0.1, -0.05) is 58.7 Å².